The van der Waals surface area contributed by atoms with E-state index in [9.17, 15) is 4.79 Å². The van der Waals surface area contributed by atoms with E-state index in [1.807, 2.05) is 12.1 Å². The van der Waals surface area contributed by atoms with Crippen molar-refractivity contribution >= 4 is 17.7 Å². The molecule has 0 aliphatic rings. The third-order valence-electron chi connectivity index (χ3n) is 1.82. The molecule has 0 aliphatic carbocycles. The Kier molecular flexibility index (Phi) is 3.77. The van der Waals surface area contributed by atoms with E-state index in [0.717, 1.165) is 5.56 Å². The van der Waals surface area contributed by atoms with E-state index in [1.54, 1.807) is 19.2 Å². The number of halogens is 1. The normalized spacial score (nSPS) is 9.64. The lowest BCUT2D eigenvalue weighted by molar-refractivity contribution is 0.131. The largest absolute Gasteiger partial charge is 0.453 e. The van der Waals surface area contributed by atoms with Crippen molar-refractivity contribution in [2.45, 2.75) is 6.54 Å². The van der Waals surface area contributed by atoms with Crippen LogP contribution < -0.4 is 0 Å². The number of amides is 1. The summed E-state index contributed by atoms with van der Waals surface area (Å²) in [5.41, 5.74) is 1.02. The first kappa shape index (κ1) is 10.9. The van der Waals surface area contributed by atoms with Gasteiger partial charge < -0.3 is 9.64 Å². The van der Waals surface area contributed by atoms with Crippen molar-refractivity contribution in [2.24, 2.45) is 0 Å². The molecular formula is C10H12ClNO2. The smallest absolute Gasteiger partial charge is 0.409 e. The van der Waals surface area contributed by atoms with Gasteiger partial charge in [0, 0.05) is 18.6 Å². The first-order valence-corrected chi connectivity index (χ1v) is 4.55. The van der Waals surface area contributed by atoms with Crippen LogP contribution in [0.1, 0.15) is 5.56 Å². The summed E-state index contributed by atoms with van der Waals surface area (Å²) in [7, 11) is 3.04. The Morgan fingerprint density at radius 3 is 2.50 bits per heavy atom. The summed E-state index contributed by atoms with van der Waals surface area (Å²) in [6, 6.07) is 7.34. The zero-order chi connectivity index (χ0) is 10.6. The van der Waals surface area contributed by atoms with E-state index >= 15 is 0 Å². The van der Waals surface area contributed by atoms with E-state index in [0.29, 0.717) is 11.6 Å². The number of benzene rings is 1. The molecule has 0 saturated heterocycles. The van der Waals surface area contributed by atoms with Gasteiger partial charge in [-0.05, 0) is 17.7 Å². The van der Waals surface area contributed by atoms with Gasteiger partial charge in [-0.15, -0.1) is 0 Å². The van der Waals surface area contributed by atoms with Gasteiger partial charge in [-0.1, -0.05) is 23.7 Å². The van der Waals surface area contributed by atoms with E-state index in [1.165, 1.54) is 12.0 Å². The third-order valence-corrected chi connectivity index (χ3v) is 2.07. The second kappa shape index (κ2) is 4.86. The fourth-order valence-electron chi connectivity index (χ4n) is 1.08. The zero-order valence-electron chi connectivity index (χ0n) is 8.16. The third kappa shape index (κ3) is 2.92. The maximum atomic E-state index is 11.1. The Balaban J connectivity index is 2.60. The number of hydrogen-bond donors (Lipinski definition) is 0. The maximum Gasteiger partial charge on any atom is 0.409 e. The molecule has 1 aromatic rings. The number of rotatable bonds is 2. The molecule has 0 unspecified atom stereocenters. The van der Waals surface area contributed by atoms with Crippen LogP contribution in [0.3, 0.4) is 0 Å². The second-order valence-corrected chi connectivity index (χ2v) is 3.39. The average molecular weight is 214 g/mol. The summed E-state index contributed by atoms with van der Waals surface area (Å²) in [5.74, 6) is 0. The highest BCUT2D eigenvalue weighted by Gasteiger charge is 2.07. The van der Waals surface area contributed by atoms with Crippen LogP contribution in [0.2, 0.25) is 5.02 Å². The average Bonchev–Trinajstić information content (AvgIpc) is 2.20. The molecule has 3 nitrogen and oxygen atoms in total. The predicted octanol–water partition coefficient (Wildman–Crippen LogP) is 2.54. The van der Waals surface area contributed by atoms with Crippen LogP contribution in [-0.2, 0) is 11.3 Å². The quantitative estimate of drug-likeness (QED) is 0.756. The summed E-state index contributed by atoms with van der Waals surface area (Å²) in [5, 5.41) is 0.689. The maximum absolute atomic E-state index is 11.1. The van der Waals surface area contributed by atoms with Crippen LogP contribution in [-0.4, -0.2) is 25.2 Å². The van der Waals surface area contributed by atoms with Crippen LogP contribution >= 0.6 is 11.6 Å². The van der Waals surface area contributed by atoms with Gasteiger partial charge in [0.15, 0.2) is 0 Å². The number of hydrogen-bond acceptors (Lipinski definition) is 2. The number of ether oxygens (including phenoxy) is 1. The van der Waals surface area contributed by atoms with E-state index in [4.69, 9.17) is 11.6 Å². The van der Waals surface area contributed by atoms with Crippen LogP contribution in [0.5, 0.6) is 0 Å². The summed E-state index contributed by atoms with van der Waals surface area (Å²) in [6.45, 7) is 0.518. The molecule has 14 heavy (non-hydrogen) atoms. The van der Waals surface area contributed by atoms with Crippen LogP contribution in [0.25, 0.3) is 0 Å². The number of carbonyl (C=O) groups is 1. The molecule has 76 valence electrons. The van der Waals surface area contributed by atoms with Crippen molar-refractivity contribution in [3.8, 4) is 0 Å². The first-order chi connectivity index (χ1) is 6.63. The summed E-state index contributed by atoms with van der Waals surface area (Å²) in [4.78, 5) is 12.6. The molecule has 0 atom stereocenters. The highest BCUT2D eigenvalue weighted by molar-refractivity contribution is 6.30. The minimum absolute atomic E-state index is 0.347. The number of nitrogens with zero attached hydrogens (tertiary/aromatic N) is 1. The topological polar surface area (TPSA) is 29.5 Å². The molecule has 0 aliphatic heterocycles. The van der Waals surface area contributed by atoms with Crippen molar-refractivity contribution in [3.63, 3.8) is 0 Å². The van der Waals surface area contributed by atoms with E-state index < -0.39 is 0 Å². The van der Waals surface area contributed by atoms with Crippen LogP contribution in [0.4, 0.5) is 4.79 Å². The predicted molar refractivity (Wildman–Crippen MR) is 55.3 cm³/mol. The number of methoxy groups -OCH3 is 1. The molecule has 0 radical (unpaired) electrons. The number of carbonyl (C=O) groups excluding carboxylic acids is 1. The standard InChI is InChI=1S/C10H12ClNO2/c1-12(10(13)14-2)7-8-3-5-9(11)6-4-8/h3-6H,7H2,1-2H3. The Morgan fingerprint density at radius 1 is 1.43 bits per heavy atom. The molecule has 1 aromatic carbocycles. The highest BCUT2D eigenvalue weighted by Crippen LogP contribution is 2.11. The van der Waals surface area contributed by atoms with Crippen molar-refractivity contribution in [2.75, 3.05) is 14.2 Å². The van der Waals surface area contributed by atoms with Gasteiger partial charge in [0.25, 0.3) is 0 Å². The van der Waals surface area contributed by atoms with Gasteiger partial charge in [0.1, 0.15) is 0 Å². The lowest BCUT2D eigenvalue weighted by atomic mass is 10.2. The zero-order valence-corrected chi connectivity index (χ0v) is 8.91. The lowest BCUT2D eigenvalue weighted by Gasteiger charge is -2.15. The Labute approximate surface area is 88.2 Å². The molecule has 0 fully saturated rings. The Hall–Kier alpha value is -1.22. The van der Waals surface area contributed by atoms with Gasteiger partial charge in [-0.3, -0.25) is 0 Å². The fraction of sp³-hybridized carbons (Fsp3) is 0.300. The van der Waals surface area contributed by atoms with Crippen molar-refractivity contribution in [1.29, 1.82) is 0 Å². The van der Waals surface area contributed by atoms with Crippen molar-refractivity contribution in [1.82, 2.24) is 4.90 Å². The van der Waals surface area contributed by atoms with Gasteiger partial charge in [-0.2, -0.15) is 0 Å². The molecular weight excluding hydrogens is 202 g/mol. The first-order valence-electron chi connectivity index (χ1n) is 4.17. The molecule has 4 heteroatoms. The summed E-state index contributed by atoms with van der Waals surface area (Å²) in [6.07, 6.45) is -0.347. The molecule has 0 heterocycles. The molecule has 1 amide bonds. The van der Waals surface area contributed by atoms with Crippen molar-refractivity contribution < 1.29 is 9.53 Å². The molecule has 0 saturated carbocycles. The molecule has 0 aromatic heterocycles. The monoisotopic (exact) mass is 213 g/mol. The molecule has 1 rings (SSSR count). The highest BCUT2D eigenvalue weighted by atomic mass is 35.5. The van der Waals surface area contributed by atoms with Crippen LogP contribution in [0, 0.1) is 0 Å². The summed E-state index contributed by atoms with van der Waals surface area (Å²) < 4.78 is 4.57. The minimum atomic E-state index is -0.347. The molecule has 0 bridgehead atoms. The summed E-state index contributed by atoms with van der Waals surface area (Å²) >= 11 is 5.73. The van der Waals surface area contributed by atoms with Crippen molar-refractivity contribution in [3.05, 3.63) is 34.9 Å². The van der Waals surface area contributed by atoms with Gasteiger partial charge >= 0.3 is 6.09 Å². The van der Waals surface area contributed by atoms with Gasteiger partial charge in [0.2, 0.25) is 0 Å². The lowest BCUT2D eigenvalue weighted by Crippen LogP contribution is -2.25. The molecule has 0 N–H and O–H groups in total. The van der Waals surface area contributed by atoms with E-state index in [-0.39, 0.29) is 6.09 Å². The SMILES string of the molecule is COC(=O)N(C)Cc1ccc(Cl)cc1. The minimum Gasteiger partial charge on any atom is -0.453 e. The fourth-order valence-corrected chi connectivity index (χ4v) is 1.21. The second-order valence-electron chi connectivity index (χ2n) is 2.95. The van der Waals surface area contributed by atoms with E-state index in [2.05, 4.69) is 4.74 Å². The van der Waals surface area contributed by atoms with Gasteiger partial charge in [-0.25, -0.2) is 4.79 Å². The molecule has 0 spiro atoms. The Morgan fingerprint density at radius 2 is 2.00 bits per heavy atom. The Bertz CT molecular complexity index is 310. The van der Waals surface area contributed by atoms with Crippen LogP contribution in [0.15, 0.2) is 24.3 Å². The van der Waals surface area contributed by atoms with Gasteiger partial charge in [0.05, 0.1) is 7.11 Å².